The zero-order valence-corrected chi connectivity index (χ0v) is 11.5. The molecule has 0 bridgehead atoms. The minimum Gasteiger partial charge on any atom is -0.294 e. The molecule has 0 aliphatic rings. The predicted molar refractivity (Wildman–Crippen MR) is 73.1 cm³/mol. The highest BCUT2D eigenvalue weighted by Gasteiger charge is 2.19. The maximum atomic E-state index is 13.8. The lowest BCUT2D eigenvalue weighted by molar-refractivity contribution is 0.590. The molecule has 0 amide bonds. The maximum absolute atomic E-state index is 13.8. The molecule has 6 heteroatoms. The molecule has 1 aromatic carbocycles. The van der Waals surface area contributed by atoms with Crippen molar-refractivity contribution in [1.82, 2.24) is 9.55 Å². The van der Waals surface area contributed by atoms with Gasteiger partial charge >= 0.3 is 0 Å². The van der Waals surface area contributed by atoms with Crippen LogP contribution in [0.15, 0.2) is 29.0 Å². The van der Waals surface area contributed by atoms with Crippen LogP contribution in [-0.4, -0.2) is 9.55 Å². The van der Waals surface area contributed by atoms with Crippen LogP contribution in [0, 0.1) is 11.6 Å². The van der Waals surface area contributed by atoms with Gasteiger partial charge in [0.2, 0.25) is 0 Å². The molecular formula is C13H9ClF2N2S. The number of imidazole rings is 1. The van der Waals surface area contributed by atoms with Crippen LogP contribution in [0.2, 0.25) is 0 Å². The summed E-state index contributed by atoms with van der Waals surface area (Å²) in [7, 11) is 0. The highest BCUT2D eigenvalue weighted by atomic mass is 35.5. The summed E-state index contributed by atoms with van der Waals surface area (Å²) in [6, 6.07) is 3.96. The van der Waals surface area contributed by atoms with Crippen LogP contribution < -0.4 is 0 Å². The van der Waals surface area contributed by atoms with Gasteiger partial charge in [-0.1, -0.05) is 0 Å². The summed E-state index contributed by atoms with van der Waals surface area (Å²) < 4.78 is 28.9. The van der Waals surface area contributed by atoms with E-state index in [1.807, 2.05) is 16.8 Å². The quantitative estimate of drug-likeness (QED) is 0.629. The zero-order chi connectivity index (χ0) is 13.6. The molecule has 1 atom stereocenters. The topological polar surface area (TPSA) is 17.8 Å². The number of halogens is 3. The molecule has 3 aromatic rings. The lowest BCUT2D eigenvalue weighted by Gasteiger charge is -2.08. The Morgan fingerprint density at radius 1 is 1.37 bits per heavy atom. The third-order valence-electron chi connectivity index (χ3n) is 2.82. The van der Waals surface area contributed by atoms with Gasteiger partial charge in [0.1, 0.15) is 17.2 Å². The number of nitrogens with zero attached hydrogens (tertiary/aromatic N) is 2. The highest BCUT2D eigenvalue weighted by Crippen LogP contribution is 2.30. The average molecular weight is 299 g/mol. The summed E-state index contributed by atoms with van der Waals surface area (Å²) >= 11 is 7.59. The van der Waals surface area contributed by atoms with E-state index in [2.05, 4.69) is 4.98 Å². The van der Waals surface area contributed by atoms with Crippen LogP contribution in [0.5, 0.6) is 0 Å². The van der Waals surface area contributed by atoms with E-state index in [0.29, 0.717) is 11.3 Å². The number of alkyl halides is 1. The van der Waals surface area contributed by atoms with Crippen molar-refractivity contribution < 1.29 is 8.78 Å². The minimum atomic E-state index is -0.678. The van der Waals surface area contributed by atoms with Gasteiger partial charge in [-0.3, -0.25) is 4.57 Å². The van der Waals surface area contributed by atoms with E-state index in [-0.39, 0.29) is 5.52 Å². The van der Waals surface area contributed by atoms with Crippen LogP contribution in [0.3, 0.4) is 0 Å². The maximum Gasteiger partial charge on any atom is 0.153 e. The predicted octanol–water partition coefficient (Wildman–Crippen LogP) is 4.67. The summed E-state index contributed by atoms with van der Waals surface area (Å²) in [4.78, 5) is 4.20. The Bertz CT molecular complexity index is 735. The van der Waals surface area contributed by atoms with E-state index in [1.54, 1.807) is 11.5 Å². The highest BCUT2D eigenvalue weighted by molar-refractivity contribution is 7.08. The Balaban J connectivity index is 2.42. The molecule has 0 fully saturated rings. The Morgan fingerprint density at radius 2 is 2.16 bits per heavy atom. The molecule has 0 N–H and O–H groups in total. The fourth-order valence-corrected chi connectivity index (χ4v) is 2.81. The molecular weight excluding hydrogens is 290 g/mol. The molecule has 2 aromatic heterocycles. The van der Waals surface area contributed by atoms with Crippen molar-refractivity contribution in [2.75, 3.05) is 0 Å². The number of aromatic nitrogens is 2. The van der Waals surface area contributed by atoms with Crippen molar-refractivity contribution in [3.63, 3.8) is 0 Å². The Hall–Kier alpha value is -1.46. The second kappa shape index (κ2) is 4.58. The summed E-state index contributed by atoms with van der Waals surface area (Å²) in [6.45, 7) is 1.75. The third kappa shape index (κ3) is 2.03. The van der Waals surface area contributed by atoms with E-state index < -0.39 is 17.0 Å². The lowest BCUT2D eigenvalue weighted by atomic mass is 10.3. The Morgan fingerprint density at radius 3 is 2.79 bits per heavy atom. The zero-order valence-electron chi connectivity index (χ0n) is 9.90. The molecule has 19 heavy (non-hydrogen) atoms. The van der Waals surface area contributed by atoms with Crippen molar-refractivity contribution in [2.24, 2.45) is 0 Å². The van der Waals surface area contributed by atoms with Gasteiger partial charge in [-0.2, -0.15) is 11.3 Å². The SMILES string of the molecule is CC(Cl)c1nc2c(F)cc(F)cc2n1-c1ccsc1. The van der Waals surface area contributed by atoms with Crippen molar-refractivity contribution in [2.45, 2.75) is 12.3 Å². The molecule has 2 nitrogen and oxygen atoms in total. The molecule has 0 radical (unpaired) electrons. The molecule has 2 heterocycles. The second-order valence-corrected chi connectivity index (χ2v) is 5.59. The molecule has 0 aliphatic carbocycles. The smallest absolute Gasteiger partial charge is 0.153 e. The Labute approximate surface area is 117 Å². The number of benzene rings is 1. The molecule has 0 saturated carbocycles. The first-order chi connectivity index (χ1) is 9.08. The second-order valence-electron chi connectivity index (χ2n) is 4.16. The van der Waals surface area contributed by atoms with E-state index in [1.165, 1.54) is 17.4 Å². The minimum absolute atomic E-state index is 0.134. The number of thiophene rings is 1. The van der Waals surface area contributed by atoms with E-state index >= 15 is 0 Å². The number of rotatable bonds is 2. The van der Waals surface area contributed by atoms with Crippen LogP contribution >= 0.6 is 22.9 Å². The van der Waals surface area contributed by atoms with Gasteiger partial charge in [0.25, 0.3) is 0 Å². The van der Waals surface area contributed by atoms with Gasteiger partial charge in [-0.25, -0.2) is 13.8 Å². The van der Waals surface area contributed by atoms with Crippen LogP contribution in [-0.2, 0) is 0 Å². The fraction of sp³-hybridized carbons (Fsp3) is 0.154. The molecule has 3 rings (SSSR count). The monoisotopic (exact) mass is 298 g/mol. The molecule has 0 spiro atoms. The van der Waals surface area contributed by atoms with E-state index in [0.717, 1.165) is 11.8 Å². The summed E-state index contributed by atoms with van der Waals surface area (Å²) in [6.07, 6.45) is 0. The van der Waals surface area contributed by atoms with Crippen molar-refractivity contribution in [3.8, 4) is 5.69 Å². The van der Waals surface area contributed by atoms with Crippen LogP contribution in [0.4, 0.5) is 8.78 Å². The summed E-state index contributed by atoms with van der Waals surface area (Å²) in [5.41, 5.74) is 1.33. The van der Waals surface area contributed by atoms with Gasteiger partial charge in [0, 0.05) is 17.5 Å². The van der Waals surface area contributed by atoms with Gasteiger partial charge < -0.3 is 0 Å². The normalized spacial score (nSPS) is 13.1. The standard InChI is InChI=1S/C13H9ClF2N2S/c1-7(14)13-17-12-10(16)4-8(15)5-11(12)18(13)9-2-3-19-6-9/h2-7H,1H3. The van der Waals surface area contributed by atoms with Crippen LogP contribution in [0.25, 0.3) is 16.7 Å². The first kappa shape index (κ1) is 12.6. The number of fused-ring (bicyclic) bond motifs is 1. The van der Waals surface area contributed by atoms with Gasteiger partial charge in [-0.15, -0.1) is 11.6 Å². The summed E-state index contributed by atoms with van der Waals surface area (Å²) in [5, 5.41) is 3.36. The molecule has 0 saturated heterocycles. The molecule has 0 aliphatic heterocycles. The largest absolute Gasteiger partial charge is 0.294 e. The number of hydrogen-bond donors (Lipinski definition) is 0. The molecule has 98 valence electrons. The van der Waals surface area contributed by atoms with E-state index in [9.17, 15) is 8.78 Å². The first-order valence-electron chi connectivity index (χ1n) is 5.62. The third-order valence-corrected chi connectivity index (χ3v) is 3.69. The first-order valence-corrected chi connectivity index (χ1v) is 7.00. The van der Waals surface area contributed by atoms with Gasteiger partial charge in [-0.05, 0) is 18.4 Å². The Kier molecular flexibility index (Phi) is 3.03. The summed E-state index contributed by atoms with van der Waals surface area (Å²) in [5.74, 6) is -0.808. The molecule has 1 unspecified atom stereocenters. The van der Waals surface area contributed by atoms with Crippen molar-refractivity contribution in [3.05, 3.63) is 46.4 Å². The van der Waals surface area contributed by atoms with Gasteiger partial charge in [0.15, 0.2) is 5.82 Å². The van der Waals surface area contributed by atoms with Gasteiger partial charge in [0.05, 0.1) is 16.6 Å². The van der Waals surface area contributed by atoms with Crippen LogP contribution in [0.1, 0.15) is 18.1 Å². The van der Waals surface area contributed by atoms with E-state index in [4.69, 9.17) is 11.6 Å². The average Bonchev–Trinajstić information content (AvgIpc) is 2.93. The fourth-order valence-electron chi connectivity index (χ4n) is 2.04. The number of hydrogen-bond acceptors (Lipinski definition) is 2. The van der Waals surface area contributed by atoms with Crippen molar-refractivity contribution in [1.29, 1.82) is 0 Å². The van der Waals surface area contributed by atoms with Crippen molar-refractivity contribution >= 4 is 34.0 Å². The lowest BCUT2D eigenvalue weighted by Crippen LogP contribution is -2.00.